The molecule has 4 rings (SSSR count). The molecule has 3 aromatic heterocycles. The number of pyridine rings is 1. The molecule has 86 valence electrons. The average molecular weight is 234 g/mol. The van der Waals surface area contributed by atoms with E-state index in [4.69, 9.17) is 4.42 Å². The van der Waals surface area contributed by atoms with Gasteiger partial charge in [0.2, 0.25) is 5.71 Å². The van der Waals surface area contributed by atoms with Crippen molar-refractivity contribution in [1.29, 1.82) is 0 Å². The first-order valence-corrected chi connectivity index (χ1v) is 5.83. The molecule has 3 heterocycles. The lowest BCUT2D eigenvalue weighted by atomic mass is 10.2. The summed E-state index contributed by atoms with van der Waals surface area (Å²) in [6.45, 7) is 0. The summed E-state index contributed by atoms with van der Waals surface area (Å²) in [7, 11) is 0. The summed E-state index contributed by atoms with van der Waals surface area (Å²) in [6.07, 6.45) is 3.51. The standard InChI is InChI=1S/C15H10N2O/c1-2-6-13-11(5-1)12-8-10-18-15(12)17(13)14-7-3-4-9-16-14/h1-10H. The summed E-state index contributed by atoms with van der Waals surface area (Å²) >= 11 is 0. The maximum atomic E-state index is 5.61. The maximum absolute atomic E-state index is 5.61. The van der Waals surface area contributed by atoms with Gasteiger partial charge in [-0.05, 0) is 24.3 Å². The zero-order valence-corrected chi connectivity index (χ0v) is 9.58. The van der Waals surface area contributed by atoms with Gasteiger partial charge in [-0.2, -0.15) is 0 Å². The van der Waals surface area contributed by atoms with E-state index in [1.54, 1.807) is 12.5 Å². The number of fused-ring (bicyclic) bond motifs is 3. The van der Waals surface area contributed by atoms with Crippen molar-refractivity contribution >= 4 is 22.0 Å². The van der Waals surface area contributed by atoms with Gasteiger partial charge in [-0.1, -0.05) is 24.3 Å². The van der Waals surface area contributed by atoms with Crippen molar-refractivity contribution in [2.45, 2.75) is 0 Å². The molecule has 0 aliphatic rings. The van der Waals surface area contributed by atoms with E-state index in [1.165, 1.54) is 5.39 Å². The van der Waals surface area contributed by atoms with Crippen LogP contribution in [0, 0.1) is 0 Å². The molecule has 3 heteroatoms. The number of hydrogen-bond acceptors (Lipinski definition) is 2. The zero-order chi connectivity index (χ0) is 11.9. The van der Waals surface area contributed by atoms with Crippen molar-refractivity contribution in [2.24, 2.45) is 0 Å². The molecular weight excluding hydrogens is 224 g/mol. The Bertz CT molecular complexity index is 827. The van der Waals surface area contributed by atoms with Crippen LogP contribution in [0.4, 0.5) is 0 Å². The van der Waals surface area contributed by atoms with Gasteiger partial charge in [-0.15, -0.1) is 0 Å². The number of aromatic nitrogens is 2. The monoisotopic (exact) mass is 234 g/mol. The van der Waals surface area contributed by atoms with E-state index in [2.05, 4.69) is 17.1 Å². The second-order valence-corrected chi connectivity index (χ2v) is 4.18. The van der Waals surface area contributed by atoms with Crippen LogP contribution in [0.5, 0.6) is 0 Å². The van der Waals surface area contributed by atoms with Gasteiger partial charge in [0.1, 0.15) is 5.82 Å². The molecule has 4 aromatic rings. The number of hydrogen-bond donors (Lipinski definition) is 0. The molecule has 0 saturated heterocycles. The molecule has 18 heavy (non-hydrogen) atoms. The maximum Gasteiger partial charge on any atom is 0.213 e. The smallest absolute Gasteiger partial charge is 0.213 e. The molecule has 0 aliphatic carbocycles. The molecular formula is C15H10N2O. The summed E-state index contributed by atoms with van der Waals surface area (Å²) < 4.78 is 7.66. The summed E-state index contributed by atoms with van der Waals surface area (Å²) in [5.74, 6) is 0.874. The first kappa shape index (κ1) is 9.48. The van der Waals surface area contributed by atoms with Crippen molar-refractivity contribution in [3.63, 3.8) is 0 Å². The topological polar surface area (TPSA) is 31.0 Å². The first-order valence-electron chi connectivity index (χ1n) is 5.83. The first-order chi connectivity index (χ1) is 8.95. The van der Waals surface area contributed by atoms with E-state index in [9.17, 15) is 0 Å². The fourth-order valence-electron chi connectivity index (χ4n) is 2.40. The Hall–Kier alpha value is -2.55. The number of furan rings is 1. The van der Waals surface area contributed by atoms with Crippen LogP contribution in [0.15, 0.2) is 65.4 Å². The Balaban J connectivity index is 2.22. The number of benzene rings is 1. The Morgan fingerprint density at radius 3 is 2.67 bits per heavy atom. The van der Waals surface area contributed by atoms with Gasteiger partial charge in [0.25, 0.3) is 0 Å². The van der Waals surface area contributed by atoms with Gasteiger partial charge in [-0.3, -0.25) is 4.57 Å². The Morgan fingerprint density at radius 2 is 1.78 bits per heavy atom. The minimum atomic E-state index is 0.843. The molecule has 0 fully saturated rings. The summed E-state index contributed by atoms with van der Waals surface area (Å²) in [5.41, 5.74) is 1.96. The van der Waals surface area contributed by atoms with Crippen LogP contribution in [0.1, 0.15) is 0 Å². The molecule has 1 aromatic carbocycles. The average Bonchev–Trinajstić information content (AvgIpc) is 2.99. The number of para-hydroxylation sites is 1. The summed E-state index contributed by atoms with van der Waals surface area (Å²) in [5, 5.41) is 2.31. The molecule has 0 amide bonds. The van der Waals surface area contributed by atoms with E-state index in [1.807, 2.05) is 41.0 Å². The fraction of sp³-hybridized carbons (Fsp3) is 0. The van der Waals surface area contributed by atoms with Gasteiger partial charge >= 0.3 is 0 Å². The lowest BCUT2D eigenvalue weighted by molar-refractivity contribution is 0.595. The van der Waals surface area contributed by atoms with Gasteiger partial charge in [0.05, 0.1) is 11.8 Å². The van der Waals surface area contributed by atoms with E-state index in [-0.39, 0.29) is 0 Å². The van der Waals surface area contributed by atoms with Crippen LogP contribution in [0.2, 0.25) is 0 Å². The van der Waals surface area contributed by atoms with Gasteiger partial charge in [0.15, 0.2) is 0 Å². The second-order valence-electron chi connectivity index (χ2n) is 4.18. The molecule has 0 aliphatic heterocycles. The SMILES string of the molecule is c1ccc(-n2c3ccccc3c3ccoc32)nc1. The third kappa shape index (κ3) is 1.16. The fourth-order valence-corrected chi connectivity index (χ4v) is 2.40. The largest absolute Gasteiger partial charge is 0.447 e. The van der Waals surface area contributed by atoms with Crippen LogP contribution in [-0.2, 0) is 0 Å². The third-order valence-electron chi connectivity index (χ3n) is 3.16. The number of rotatable bonds is 1. The van der Waals surface area contributed by atoms with E-state index in [0.29, 0.717) is 0 Å². The minimum absolute atomic E-state index is 0.843. The summed E-state index contributed by atoms with van der Waals surface area (Å²) in [4.78, 5) is 4.40. The van der Waals surface area contributed by atoms with Crippen LogP contribution in [0.25, 0.3) is 27.8 Å². The highest BCUT2D eigenvalue weighted by Gasteiger charge is 2.14. The predicted molar refractivity (Wildman–Crippen MR) is 70.8 cm³/mol. The number of nitrogens with zero attached hydrogens (tertiary/aromatic N) is 2. The van der Waals surface area contributed by atoms with Crippen molar-refractivity contribution in [2.75, 3.05) is 0 Å². The van der Waals surface area contributed by atoms with E-state index in [0.717, 1.165) is 22.4 Å². The van der Waals surface area contributed by atoms with Gasteiger partial charge in [-0.25, -0.2) is 4.98 Å². The predicted octanol–water partition coefficient (Wildman–Crippen LogP) is 3.77. The van der Waals surface area contributed by atoms with Crippen LogP contribution in [-0.4, -0.2) is 9.55 Å². The molecule has 0 radical (unpaired) electrons. The summed E-state index contributed by atoms with van der Waals surface area (Å²) in [6, 6.07) is 16.1. The van der Waals surface area contributed by atoms with Gasteiger partial charge < -0.3 is 4.42 Å². The zero-order valence-electron chi connectivity index (χ0n) is 9.58. The highest BCUT2D eigenvalue weighted by molar-refractivity contribution is 6.07. The van der Waals surface area contributed by atoms with Crippen molar-refractivity contribution in [3.05, 3.63) is 61.0 Å². The van der Waals surface area contributed by atoms with Crippen LogP contribution < -0.4 is 0 Å². The van der Waals surface area contributed by atoms with E-state index >= 15 is 0 Å². The molecule has 0 bridgehead atoms. The highest BCUT2D eigenvalue weighted by atomic mass is 16.3. The lowest BCUT2D eigenvalue weighted by Crippen LogP contribution is -1.95. The Morgan fingerprint density at radius 1 is 0.889 bits per heavy atom. The van der Waals surface area contributed by atoms with E-state index < -0.39 is 0 Å². The highest BCUT2D eigenvalue weighted by Crippen LogP contribution is 2.31. The Labute approximate surface area is 103 Å². The van der Waals surface area contributed by atoms with Crippen molar-refractivity contribution in [3.8, 4) is 5.82 Å². The Kier molecular flexibility index (Phi) is 1.83. The molecule has 0 N–H and O–H groups in total. The van der Waals surface area contributed by atoms with Crippen LogP contribution in [0.3, 0.4) is 0 Å². The lowest BCUT2D eigenvalue weighted by Gasteiger charge is -2.03. The van der Waals surface area contributed by atoms with Crippen molar-refractivity contribution in [1.82, 2.24) is 9.55 Å². The molecule has 0 unspecified atom stereocenters. The molecule has 3 nitrogen and oxygen atoms in total. The van der Waals surface area contributed by atoms with Gasteiger partial charge in [0, 0.05) is 17.0 Å². The van der Waals surface area contributed by atoms with Crippen molar-refractivity contribution < 1.29 is 4.42 Å². The second kappa shape index (κ2) is 3.47. The van der Waals surface area contributed by atoms with Crippen LogP contribution >= 0.6 is 0 Å². The molecule has 0 saturated carbocycles. The quantitative estimate of drug-likeness (QED) is 0.502. The normalized spacial score (nSPS) is 11.3. The third-order valence-corrected chi connectivity index (χ3v) is 3.16. The molecule has 0 atom stereocenters. The minimum Gasteiger partial charge on any atom is -0.447 e. The molecule has 0 spiro atoms.